The van der Waals surface area contributed by atoms with Gasteiger partial charge in [0.15, 0.2) is 0 Å². The van der Waals surface area contributed by atoms with Gasteiger partial charge < -0.3 is 26.6 Å². The molecule has 3 atom stereocenters. The number of rotatable bonds is 5. The van der Waals surface area contributed by atoms with E-state index in [0.29, 0.717) is 6.42 Å². The van der Waals surface area contributed by atoms with Gasteiger partial charge in [0.2, 0.25) is 29.5 Å². The first kappa shape index (κ1) is 26.2. The molecule has 0 radical (unpaired) electrons. The van der Waals surface area contributed by atoms with Crippen molar-refractivity contribution >= 4 is 42.2 Å². The maximum absolute atomic E-state index is 13.1. The van der Waals surface area contributed by atoms with Crippen molar-refractivity contribution in [3.63, 3.8) is 0 Å². The van der Waals surface area contributed by atoms with Gasteiger partial charge in [-0.05, 0) is 17.9 Å². The van der Waals surface area contributed by atoms with Crippen LogP contribution in [0.2, 0.25) is 0 Å². The highest BCUT2D eigenvalue weighted by Gasteiger charge is 2.30. The topological polar surface area (TPSA) is 146 Å². The third kappa shape index (κ3) is 8.76. The van der Waals surface area contributed by atoms with Gasteiger partial charge >= 0.3 is 0 Å². The lowest BCUT2D eigenvalue weighted by molar-refractivity contribution is -0.133. The molecule has 1 heterocycles. The van der Waals surface area contributed by atoms with Crippen LogP contribution in [0, 0.1) is 5.92 Å². The molecule has 1 saturated heterocycles. The van der Waals surface area contributed by atoms with Gasteiger partial charge in [-0.15, -0.1) is 0 Å². The van der Waals surface area contributed by atoms with Gasteiger partial charge in [0, 0.05) is 12.2 Å². The molecule has 10 nitrogen and oxygen atoms in total. The Morgan fingerprint density at radius 3 is 2.03 bits per heavy atom. The number of benzene rings is 1. The van der Waals surface area contributed by atoms with Crippen LogP contribution >= 0.6 is 12.6 Å². The maximum atomic E-state index is 13.1. The summed E-state index contributed by atoms with van der Waals surface area (Å²) in [4.78, 5) is 62.8. The van der Waals surface area contributed by atoms with Crippen molar-refractivity contribution in [1.82, 2.24) is 26.6 Å². The van der Waals surface area contributed by atoms with Crippen molar-refractivity contribution in [2.24, 2.45) is 5.92 Å². The molecule has 0 bridgehead atoms. The Balaban J connectivity index is 2.31. The third-order valence-corrected chi connectivity index (χ3v) is 5.32. The second-order valence-corrected chi connectivity index (χ2v) is 8.60. The first-order valence-electron chi connectivity index (χ1n) is 10.8. The molecule has 1 aromatic carbocycles. The molecular formula is C22H31N5O5S. The third-order valence-electron chi connectivity index (χ3n) is 4.96. The maximum Gasteiger partial charge on any atom is 0.243 e. The van der Waals surface area contributed by atoms with Gasteiger partial charge in [0.1, 0.15) is 18.1 Å². The van der Waals surface area contributed by atoms with E-state index in [4.69, 9.17) is 0 Å². The fourth-order valence-electron chi connectivity index (χ4n) is 3.28. The van der Waals surface area contributed by atoms with Gasteiger partial charge in [-0.25, -0.2) is 0 Å². The van der Waals surface area contributed by atoms with Crippen molar-refractivity contribution in [1.29, 1.82) is 0 Å². The molecular weight excluding hydrogens is 446 g/mol. The van der Waals surface area contributed by atoms with Crippen LogP contribution in [0.15, 0.2) is 30.3 Å². The first-order valence-corrected chi connectivity index (χ1v) is 11.4. The standard InChI is InChI=1S/C22H31N5O5S/c1-13(2)8-15-21(31)27-17(12-33)20(30)24-10-18(28)23-11-19(29)25-16(22(32)26-15)9-14-6-4-3-5-7-14/h3-7,13,15-17,33H,8-12H2,1-2H3,(H,23,28)(H,24,30)(H,25,29)(H,26,32)(H,27,31)/t15-,16-,17-/m0/s1. The van der Waals surface area contributed by atoms with E-state index in [2.05, 4.69) is 39.2 Å². The molecule has 5 amide bonds. The van der Waals surface area contributed by atoms with Crippen LogP contribution in [0.25, 0.3) is 0 Å². The van der Waals surface area contributed by atoms with E-state index in [-0.39, 0.29) is 31.2 Å². The molecule has 1 aliphatic rings. The van der Waals surface area contributed by atoms with E-state index >= 15 is 0 Å². The summed E-state index contributed by atoms with van der Waals surface area (Å²) in [7, 11) is 0. The Morgan fingerprint density at radius 2 is 1.39 bits per heavy atom. The number of hydrogen-bond acceptors (Lipinski definition) is 6. The lowest BCUT2D eigenvalue weighted by Gasteiger charge is -2.25. The minimum absolute atomic E-state index is 0.00177. The van der Waals surface area contributed by atoms with Gasteiger partial charge in [0.05, 0.1) is 13.1 Å². The Kier molecular flexibility index (Phi) is 10.2. The summed E-state index contributed by atoms with van der Waals surface area (Å²) in [5.41, 5.74) is 0.815. The van der Waals surface area contributed by atoms with Crippen LogP contribution in [0.3, 0.4) is 0 Å². The molecule has 11 heteroatoms. The zero-order valence-electron chi connectivity index (χ0n) is 18.7. The van der Waals surface area contributed by atoms with E-state index in [0.717, 1.165) is 5.56 Å². The molecule has 1 fully saturated rings. The summed E-state index contributed by atoms with van der Waals surface area (Å²) < 4.78 is 0. The second kappa shape index (κ2) is 12.8. The van der Waals surface area contributed by atoms with Crippen molar-refractivity contribution in [2.45, 2.75) is 44.8 Å². The number of nitrogens with one attached hydrogen (secondary N) is 5. The number of hydrogen-bond donors (Lipinski definition) is 6. The SMILES string of the molecule is CC(C)C[C@@H]1NC(=O)[C@H](Cc2ccccc2)NC(=O)CNC(=O)CNC(=O)[C@H](CS)NC1=O. The summed E-state index contributed by atoms with van der Waals surface area (Å²) in [6, 6.07) is 6.23. The molecule has 33 heavy (non-hydrogen) atoms. The Morgan fingerprint density at radius 1 is 0.788 bits per heavy atom. The second-order valence-electron chi connectivity index (χ2n) is 8.24. The van der Waals surface area contributed by atoms with Crippen molar-refractivity contribution in [2.75, 3.05) is 18.8 Å². The summed E-state index contributed by atoms with van der Waals surface area (Å²) >= 11 is 4.12. The van der Waals surface area contributed by atoms with Crippen LogP contribution in [0.1, 0.15) is 25.8 Å². The van der Waals surface area contributed by atoms with Crippen LogP contribution in [-0.2, 0) is 30.4 Å². The molecule has 0 aromatic heterocycles. The summed E-state index contributed by atoms with van der Waals surface area (Å²) in [5, 5.41) is 12.7. The average molecular weight is 478 g/mol. The number of amides is 5. The van der Waals surface area contributed by atoms with Gasteiger partial charge in [-0.2, -0.15) is 12.6 Å². The molecule has 0 unspecified atom stereocenters. The minimum Gasteiger partial charge on any atom is -0.346 e. The molecule has 5 N–H and O–H groups in total. The molecule has 0 saturated carbocycles. The Labute approximate surface area is 198 Å². The van der Waals surface area contributed by atoms with Crippen molar-refractivity contribution < 1.29 is 24.0 Å². The van der Waals surface area contributed by atoms with E-state index < -0.39 is 47.7 Å². The minimum atomic E-state index is -0.995. The fourth-order valence-corrected chi connectivity index (χ4v) is 3.54. The van der Waals surface area contributed by atoms with E-state index in [1.807, 2.05) is 44.2 Å². The molecule has 1 aromatic rings. The number of carbonyl (C=O) groups is 5. The van der Waals surface area contributed by atoms with Gasteiger partial charge in [-0.3, -0.25) is 24.0 Å². The van der Waals surface area contributed by atoms with Gasteiger partial charge in [-0.1, -0.05) is 44.2 Å². The van der Waals surface area contributed by atoms with Crippen molar-refractivity contribution in [3.8, 4) is 0 Å². The fraction of sp³-hybridized carbons (Fsp3) is 0.500. The first-order chi connectivity index (χ1) is 15.7. The van der Waals surface area contributed by atoms with E-state index in [1.54, 1.807) is 0 Å². The molecule has 2 rings (SSSR count). The normalized spacial score (nSPS) is 23.4. The lowest BCUT2D eigenvalue weighted by Crippen LogP contribution is -2.57. The predicted octanol–water partition coefficient (Wildman–Crippen LogP) is -1.09. The molecule has 180 valence electrons. The zero-order chi connectivity index (χ0) is 24.4. The highest BCUT2D eigenvalue weighted by Crippen LogP contribution is 2.09. The summed E-state index contributed by atoms with van der Waals surface area (Å²) in [5.74, 6) is -2.77. The Hall–Kier alpha value is -3.08. The van der Waals surface area contributed by atoms with E-state index in [9.17, 15) is 24.0 Å². The summed E-state index contributed by atoms with van der Waals surface area (Å²) in [6.07, 6.45) is 0.520. The predicted molar refractivity (Wildman–Crippen MR) is 125 cm³/mol. The summed E-state index contributed by atoms with van der Waals surface area (Å²) in [6.45, 7) is 3.07. The largest absolute Gasteiger partial charge is 0.346 e. The molecule has 0 spiro atoms. The lowest BCUT2D eigenvalue weighted by atomic mass is 10.0. The average Bonchev–Trinajstić information content (AvgIpc) is 2.78. The van der Waals surface area contributed by atoms with E-state index in [1.165, 1.54) is 0 Å². The van der Waals surface area contributed by atoms with Crippen LogP contribution in [-0.4, -0.2) is 66.5 Å². The van der Waals surface area contributed by atoms with Crippen LogP contribution in [0.4, 0.5) is 0 Å². The quantitative estimate of drug-likeness (QED) is 0.298. The molecule has 1 aliphatic heterocycles. The zero-order valence-corrected chi connectivity index (χ0v) is 19.6. The Bertz CT molecular complexity index is 864. The van der Waals surface area contributed by atoms with Crippen LogP contribution < -0.4 is 26.6 Å². The number of carbonyl (C=O) groups excluding carboxylic acids is 5. The highest BCUT2D eigenvalue weighted by molar-refractivity contribution is 7.80. The van der Waals surface area contributed by atoms with Crippen molar-refractivity contribution in [3.05, 3.63) is 35.9 Å². The van der Waals surface area contributed by atoms with Crippen LogP contribution in [0.5, 0.6) is 0 Å². The highest BCUT2D eigenvalue weighted by atomic mass is 32.1. The smallest absolute Gasteiger partial charge is 0.243 e. The molecule has 0 aliphatic carbocycles. The van der Waals surface area contributed by atoms with Gasteiger partial charge in [0.25, 0.3) is 0 Å². The monoisotopic (exact) mass is 477 g/mol. The number of thiol groups is 1.